The van der Waals surface area contributed by atoms with Crippen molar-refractivity contribution in [2.24, 2.45) is 14.1 Å². The standard InChI is InChI=1S/C26H16N4/c1-29-23-9-3-15(13-27)11-21(23)19-7-6-18-17(25(19)29)5-8-20-22-12-16(14-28)4-10-24(22)30(2)26(18)20/h3-12H,1-2H3. The molecule has 0 spiro atoms. The van der Waals surface area contributed by atoms with Crippen molar-refractivity contribution >= 4 is 54.4 Å². The number of aryl methyl sites for hydroxylation is 2. The first kappa shape index (κ1) is 16.7. The molecule has 0 bridgehead atoms. The number of benzene rings is 4. The molecule has 0 aliphatic rings. The molecule has 0 aliphatic heterocycles. The van der Waals surface area contributed by atoms with E-state index in [1.54, 1.807) is 0 Å². The fraction of sp³-hybridized carbons (Fsp3) is 0.0769. The summed E-state index contributed by atoms with van der Waals surface area (Å²) in [5.41, 5.74) is 5.92. The third kappa shape index (κ3) is 1.93. The summed E-state index contributed by atoms with van der Waals surface area (Å²) in [7, 11) is 4.17. The number of hydrogen-bond donors (Lipinski definition) is 0. The lowest BCUT2D eigenvalue weighted by Gasteiger charge is -2.07. The van der Waals surface area contributed by atoms with Gasteiger partial charge in [-0.2, -0.15) is 10.5 Å². The van der Waals surface area contributed by atoms with Crippen molar-refractivity contribution in [3.05, 3.63) is 71.8 Å². The molecule has 6 rings (SSSR count). The summed E-state index contributed by atoms with van der Waals surface area (Å²) in [6, 6.07) is 24.9. The van der Waals surface area contributed by atoms with Crippen LogP contribution in [-0.2, 0) is 14.1 Å². The van der Waals surface area contributed by atoms with Crippen LogP contribution < -0.4 is 0 Å². The normalized spacial score (nSPS) is 11.6. The van der Waals surface area contributed by atoms with Crippen molar-refractivity contribution in [3.63, 3.8) is 0 Å². The van der Waals surface area contributed by atoms with Crippen LogP contribution in [-0.4, -0.2) is 9.13 Å². The molecule has 30 heavy (non-hydrogen) atoms. The molecule has 140 valence electrons. The molecule has 0 saturated carbocycles. The van der Waals surface area contributed by atoms with Gasteiger partial charge >= 0.3 is 0 Å². The number of fused-ring (bicyclic) bond motifs is 9. The van der Waals surface area contributed by atoms with Crippen LogP contribution in [0, 0.1) is 22.7 Å². The van der Waals surface area contributed by atoms with Gasteiger partial charge in [0.05, 0.1) is 34.3 Å². The highest BCUT2D eigenvalue weighted by atomic mass is 14.9. The summed E-state index contributed by atoms with van der Waals surface area (Å²) in [5, 5.41) is 25.5. The monoisotopic (exact) mass is 384 g/mol. The van der Waals surface area contributed by atoms with E-state index in [1.165, 1.54) is 21.8 Å². The van der Waals surface area contributed by atoms with Crippen molar-refractivity contribution in [2.75, 3.05) is 0 Å². The Morgan fingerprint density at radius 1 is 0.533 bits per heavy atom. The molecule has 0 unspecified atom stereocenters. The van der Waals surface area contributed by atoms with E-state index in [4.69, 9.17) is 0 Å². The van der Waals surface area contributed by atoms with E-state index in [-0.39, 0.29) is 0 Å². The Bertz CT molecular complexity index is 1650. The van der Waals surface area contributed by atoms with Gasteiger partial charge in [0.15, 0.2) is 0 Å². The molecule has 0 saturated heterocycles. The van der Waals surface area contributed by atoms with Gasteiger partial charge in [-0.3, -0.25) is 0 Å². The van der Waals surface area contributed by atoms with Crippen LogP contribution >= 0.6 is 0 Å². The molecule has 2 aromatic heterocycles. The minimum absolute atomic E-state index is 0.674. The van der Waals surface area contributed by atoms with Gasteiger partial charge < -0.3 is 9.13 Å². The summed E-state index contributed by atoms with van der Waals surface area (Å²) in [6.45, 7) is 0. The smallest absolute Gasteiger partial charge is 0.0991 e. The van der Waals surface area contributed by atoms with Gasteiger partial charge in [0.25, 0.3) is 0 Å². The predicted molar refractivity (Wildman–Crippen MR) is 121 cm³/mol. The first-order valence-electron chi connectivity index (χ1n) is 9.78. The fourth-order valence-electron chi connectivity index (χ4n) is 5.00. The second-order valence-electron chi connectivity index (χ2n) is 7.82. The Balaban J connectivity index is 1.83. The van der Waals surface area contributed by atoms with E-state index in [0.717, 1.165) is 32.6 Å². The maximum Gasteiger partial charge on any atom is 0.0991 e. The van der Waals surface area contributed by atoms with Crippen molar-refractivity contribution in [1.82, 2.24) is 9.13 Å². The van der Waals surface area contributed by atoms with Gasteiger partial charge in [-0.15, -0.1) is 0 Å². The molecule has 4 nitrogen and oxygen atoms in total. The lowest BCUT2D eigenvalue weighted by atomic mass is 10.0. The highest BCUT2D eigenvalue weighted by Crippen LogP contribution is 2.39. The van der Waals surface area contributed by atoms with Gasteiger partial charge in [-0.05, 0) is 36.4 Å². The van der Waals surface area contributed by atoms with Gasteiger partial charge in [0, 0.05) is 57.4 Å². The first-order chi connectivity index (χ1) is 14.6. The fourth-order valence-corrected chi connectivity index (χ4v) is 5.00. The van der Waals surface area contributed by atoms with E-state index in [9.17, 15) is 10.5 Å². The molecule has 4 aromatic carbocycles. The Hall–Kier alpha value is -4.28. The van der Waals surface area contributed by atoms with Crippen molar-refractivity contribution in [2.45, 2.75) is 0 Å². The SMILES string of the molecule is Cn1c2ccc(C#N)cc2c2ccc3c(ccc4c5cc(C#N)ccc5n(C)c43)c21. The van der Waals surface area contributed by atoms with Crippen LogP contribution in [0.15, 0.2) is 60.7 Å². The maximum absolute atomic E-state index is 9.32. The minimum Gasteiger partial charge on any atom is -0.343 e. The molecular formula is C26H16N4. The van der Waals surface area contributed by atoms with Crippen LogP contribution in [0.1, 0.15) is 11.1 Å². The number of aromatic nitrogens is 2. The average molecular weight is 384 g/mol. The zero-order valence-corrected chi connectivity index (χ0v) is 16.6. The van der Waals surface area contributed by atoms with Crippen molar-refractivity contribution in [1.29, 1.82) is 10.5 Å². The summed E-state index contributed by atoms with van der Waals surface area (Å²) in [5.74, 6) is 0. The molecule has 0 atom stereocenters. The van der Waals surface area contributed by atoms with E-state index < -0.39 is 0 Å². The minimum atomic E-state index is 0.674. The number of nitrogens with zero attached hydrogens (tertiary/aromatic N) is 4. The largest absolute Gasteiger partial charge is 0.343 e. The highest BCUT2D eigenvalue weighted by molar-refractivity contribution is 6.25. The number of nitriles is 2. The molecule has 0 aliphatic carbocycles. The average Bonchev–Trinajstić information content (AvgIpc) is 3.24. The van der Waals surface area contributed by atoms with Crippen LogP contribution in [0.2, 0.25) is 0 Å². The summed E-state index contributed by atoms with van der Waals surface area (Å²) < 4.78 is 4.44. The van der Waals surface area contributed by atoms with Crippen LogP contribution in [0.3, 0.4) is 0 Å². The maximum atomic E-state index is 9.32. The van der Waals surface area contributed by atoms with Gasteiger partial charge in [-0.25, -0.2) is 0 Å². The second kappa shape index (κ2) is 5.63. The van der Waals surface area contributed by atoms with E-state index in [0.29, 0.717) is 11.1 Å². The Labute approximate surface area is 172 Å². The first-order valence-corrected chi connectivity index (χ1v) is 9.78. The number of hydrogen-bond acceptors (Lipinski definition) is 2. The van der Waals surface area contributed by atoms with Gasteiger partial charge in [0.2, 0.25) is 0 Å². The Kier molecular flexibility index (Phi) is 3.12. The zero-order chi connectivity index (χ0) is 20.6. The Morgan fingerprint density at radius 3 is 1.27 bits per heavy atom. The lowest BCUT2D eigenvalue weighted by molar-refractivity contribution is 1.01. The number of rotatable bonds is 0. The third-order valence-corrected chi connectivity index (χ3v) is 6.37. The summed E-state index contributed by atoms with van der Waals surface area (Å²) in [6.07, 6.45) is 0. The molecule has 6 aromatic rings. The summed E-state index contributed by atoms with van der Waals surface area (Å²) >= 11 is 0. The molecule has 4 heteroatoms. The van der Waals surface area contributed by atoms with E-state index in [1.807, 2.05) is 36.4 Å². The zero-order valence-electron chi connectivity index (χ0n) is 16.6. The van der Waals surface area contributed by atoms with Crippen LogP contribution in [0.5, 0.6) is 0 Å². The van der Waals surface area contributed by atoms with Crippen LogP contribution in [0.25, 0.3) is 54.4 Å². The Morgan fingerprint density at radius 2 is 0.900 bits per heavy atom. The molecule has 0 fully saturated rings. The predicted octanol–water partition coefficient (Wildman–Crippen LogP) is 5.87. The van der Waals surface area contributed by atoms with Crippen molar-refractivity contribution < 1.29 is 0 Å². The lowest BCUT2D eigenvalue weighted by Crippen LogP contribution is -1.91. The van der Waals surface area contributed by atoms with Crippen molar-refractivity contribution in [3.8, 4) is 12.1 Å². The quantitative estimate of drug-likeness (QED) is 0.329. The second-order valence-corrected chi connectivity index (χ2v) is 7.82. The molecule has 0 radical (unpaired) electrons. The highest BCUT2D eigenvalue weighted by Gasteiger charge is 2.16. The van der Waals surface area contributed by atoms with E-state index in [2.05, 4.69) is 59.6 Å². The van der Waals surface area contributed by atoms with Crippen LogP contribution in [0.4, 0.5) is 0 Å². The molecular weight excluding hydrogens is 368 g/mol. The molecule has 0 N–H and O–H groups in total. The van der Waals surface area contributed by atoms with Gasteiger partial charge in [-0.1, -0.05) is 24.3 Å². The van der Waals surface area contributed by atoms with E-state index >= 15 is 0 Å². The molecule has 0 amide bonds. The third-order valence-electron chi connectivity index (χ3n) is 6.37. The summed E-state index contributed by atoms with van der Waals surface area (Å²) in [4.78, 5) is 0. The molecule has 2 heterocycles. The topological polar surface area (TPSA) is 57.4 Å². The van der Waals surface area contributed by atoms with Gasteiger partial charge in [0.1, 0.15) is 0 Å².